The topological polar surface area (TPSA) is 37.3 Å². The summed E-state index contributed by atoms with van der Waals surface area (Å²) < 4.78 is 0. The van der Waals surface area contributed by atoms with Gasteiger partial charge in [-0.25, -0.2) is 0 Å². The van der Waals surface area contributed by atoms with E-state index in [2.05, 4.69) is 0 Å². The molecule has 0 amide bonds. The van der Waals surface area contributed by atoms with Gasteiger partial charge in [0, 0.05) is 0 Å². The number of aliphatic hydroxyl groups is 1. The van der Waals surface area contributed by atoms with E-state index in [1.54, 1.807) is 13.0 Å². The maximum atomic E-state index is 11.3. The zero-order valence-electron chi connectivity index (χ0n) is 8.40. The van der Waals surface area contributed by atoms with Crippen LogP contribution in [0.2, 0.25) is 0 Å². The molecule has 1 aromatic rings. The maximum Gasteiger partial charge on any atom is 0.186 e. The Hall–Kier alpha value is -1.41. The zero-order chi connectivity index (χ0) is 10.6. The van der Waals surface area contributed by atoms with Crippen LogP contribution in [0.5, 0.6) is 0 Å². The smallest absolute Gasteiger partial charge is 0.186 e. The lowest BCUT2D eigenvalue weighted by Crippen LogP contribution is -2.16. The largest absolute Gasteiger partial charge is 0.385 e. The molecule has 2 heteroatoms. The summed E-state index contributed by atoms with van der Waals surface area (Å²) in [6.45, 7) is 3.19. The summed E-state index contributed by atoms with van der Waals surface area (Å²) in [4.78, 5) is 11.3. The Kier molecular flexibility index (Phi) is 3.60. The molecule has 1 aromatic carbocycles. The van der Waals surface area contributed by atoms with E-state index >= 15 is 0 Å². The number of carbonyl (C=O) groups is 1. The standard InChI is InChI=1S/C12H14O2/c1-9(12(14)10(2)13)8-11-6-4-3-5-7-11/h3-8,10,13H,1-2H3/b9-8+. The van der Waals surface area contributed by atoms with Gasteiger partial charge in [-0.15, -0.1) is 0 Å². The van der Waals surface area contributed by atoms with Crippen LogP contribution in [0.4, 0.5) is 0 Å². The lowest BCUT2D eigenvalue weighted by Gasteiger charge is -2.03. The average Bonchev–Trinajstić information content (AvgIpc) is 2.18. The molecular weight excluding hydrogens is 176 g/mol. The molecule has 0 aliphatic heterocycles. The fraction of sp³-hybridized carbons (Fsp3) is 0.250. The Labute approximate surface area is 83.9 Å². The molecule has 0 aliphatic carbocycles. The molecule has 0 spiro atoms. The van der Waals surface area contributed by atoms with Crippen LogP contribution in [0, 0.1) is 0 Å². The van der Waals surface area contributed by atoms with Crippen molar-refractivity contribution in [3.63, 3.8) is 0 Å². The molecule has 1 atom stereocenters. The van der Waals surface area contributed by atoms with E-state index in [1.165, 1.54) is 6.92 Å². The van der Waals surface area contributed by atoms with Gasteiger partial charge in [-0.05, 0) is 31.1 Å². The fourth-order valence-electron chi connectivity index (χ4n) is 1.20. The van der Waals surface area contributed by atoms with E-state index < -0.39 is 6.10 Å². The van der Waals surface area contributed by atoms with Crippen molar-refractivity contribution in [3.8, 4) is 0 Å². The summed E-state index contributed by atoms with van der Waals surface area (Å²) in [5.74, 6) is -0.228. The molecule has 0 saturated carbocycles. The second-order valence-corrected chi connectivity index (χ2v) is 3.28. The van der Waals surface area contributed by atoms with Gasteiger partial charge < -0.3 is 5.11 Å². The monoisotopic (exact) mass is 190 g/mol. The first-order valence-electron chi connectivity index (χ1n) is 4.57. The Morgan fingerprint density at radius 3 is 2.43 bits per heavy atom. The minimum atomic E-state index is -0.921. The van der Waals surface area contributed by atoms with Gasteiger partial charge >= 0.3 is 0 Å². The number of hydrogen-bond acceptors (Lipinski definition) is 2. The maximum absolute atomic E-state index is 11.3. The van der Waals surface area contributed by atoms with E-state index in [1.807, 2.05) is 30.3 Å². The molecule has 0 bridgehead atoms. The highest BCUT2D eigenvalue weighted by atomic mass is 16.3. The second-order valence-electron chi connectivity index (χ2n) is 3.28. The highest BCUT2D eigenvalue weighted by molar-refractivity contribution is 6.01. The van der Waals surface area contributed by atoms with Gasteiger partial charge in [0.1, 0.15) is 6.10 Å². The van der Waals surface area contributed by atoms with Crippen molar-refractivity contribution in [1.29, 1.82) is 0 Å². The minimum Gasteiger partial charge on any atom is -0.385 e. The zero-order valence-corrected chi connectivity index (χ0v) is 8.40. The number of aliphatic hydroxyl groups excluding tert-OH is 1. The summed E-state index contributed by atoms with van der Waals surface area (Å²) in [6.07, 6.45) is 0.852. The molecule has 1 rings (SSSR count). The summed E-state index contributed by atoms with van der Waals surface area (Å²) in [5.41, 5.74) is 1.55. The third-order valence-corrected chi connectivity index (χ3v) is 1.95. The van der Waals surface area contributed by atoms with Crippen molar-refractivity contribution in [3.05, 3.63) is 41.5 Å². The first kappa shape index (κ1) is 10.7. The third-order valence-electron chi connectivity index (χ3n) is 1.95. The molecule has 0 aromatic heterocycles. The molecule has 2 nitrogen and oxygen atoms in total. The molecule has 1 N–H and O–H groups in total. The van der Waals surface area contributed by atoms with Crippen molar-refractivity contribution in [2.75, 3.05) is 0 Å². The van der Waals surface area contributed by atoms with Gasteiger partial charge in [0.25, 0.3) is 0 Å². The van der Waals surface area contributed by atoms with Crippen LogP contribution in [-0.4, -0.2) is 17.0 Å². The van der Waals surface area contributed by atoms with Crippen LogP contribution in [-0.2, 0) is 4.79 Å². The van der Waals surface area contributed by atoms with Crippen LogP contribution in [0.3, 0.4) is 0 Å². The first-order valence-corrected chi connectivity index (χ1v) is 4.57. The number of ketones is 1. The van der Waals surface area contributed by atoms with Crippen molar-refractivity contribution >= 4 is 11.9 Å². The van der Waals surface area contributed by atoms with E-state index in [0.717, 1.165) is 5.56 Å². The van der Waals surface area contributed by atoms with E-state index in [9.17, 15) is 4.79 Å². The number of Topliss-reactive ketones (excluding diaryl/α,β-unsaturated/α-hetero) is 1. The van der Waals surface area contributed by atoms with Gasteiger partial charge in [0.15, 0.2) is 5.78 Å². The summed E-state index contributed by atoms with van der Waals surface area (Å²) in [5, 5.41) is 9.08. The van der Waals surface area contributed by atoms with Crippen LogP contribution in [0.1, 0.15) is 19.4 Å². The summed E-state index contributed by atoms with van der Waals surface area (Å²) >= 11 is 0. The van der Waals surface area contributed by atoms with Gasteiger partial charge in [-0.2, -0.15) is 0 Å². The highest BCUT2D eigenvalue weighted by Gasteiger charge is 2.10. The molecule has 0 fully saturated rings. The van der Waals surface area contributed by atoms with Crippen LogP contribution in [0.25, 0.3) is 6.08 Å². The molecule has 0 heterocycles. The number of carbonyl (C=O) groups excluding carboxylic acids is 1. The summed E-state index contributed by atoms with van der Waals surface area (Å²) in [7, 11) is 0. The summed E-state index contributed by atoms with van der Waals surface area (Å²) in [6, 6.07) is 9.57. The van der Waals surface area contributed by atoms with E-state index in [-0.39, 0.29) is 5.78 Å². The van der Waals surface area contributed by atoms with Crippen molar-refractivity contribution in [2.24, 2.45) is 0 Å². The van der Waals surface area contributed by atoms with Crippen molar-refractivity contribution < 1.29 is 9.90 Å². The molecule has 14 heavy (non-hydrogen) atoms. The Balaban J connectivity index is 2.84. The Morgan fingerprint density at radius 1 is 1.36 bits per heavy atom. The quantitative estimate of drug-likeness (QED) is 0.740. The molecular formula is C12H14O2. The molecule has 0 radical (unpaired) electrons. The van der Waals surface area contributed by atoms with Crippen LogP contribution in [0.15, 0.2) is 35.9 Å². The van der Waals surface area contributed by atoms with Crippen molar-refractivity contribution in [2.45, 2.75) is 20.0 Å². The lowest BCUT2D eigenvalue weighted by molar-refractivity contribution is -0.122. The first-order chi connectivity index (χ1) is 6.61. The number of rotatable bonds is 3. The molecule has 0 aliphatic rings. The molecule has 74 valence electrons. The van der Waals surface area contributed by atoms with E-state index in [0.29, 0.717) is 5.57 Å². The van der Waals surface area contributed by atoms with Gasteiger partial charge in [-0.3, -0.25) is 4.79 Å². The lowest BCUT2D eigenvalue weighted by atomic mass is 10.1. The Bertz CT molecular complexity index is 337. The number of hydrogen-bond donors (Lipinski definition) is 1. The molecule has 1 unspecified atom stereocenters. The van der Waals surface area contributed by atoms with Crippen LogP contribution >= 0.6 is 0 Å². The molecule has 0 saturated heterocycles. The average molecular weight is 190 g/mol. The van der Waals surface area contributed by atoms with Gasteiger partial charge in [0.2, 0.25) is 0 Å². The van der Waals surface area contributed by atoms with Gasteiger partial charge in [-0.1, -0.05) is 30.3 Å². The third kappa shape index (κ3) is 2.82. The minimum absolute atomic E-state index is 0.228. The normalized spacial score (nSPS) is 13.8. The predicted octanol–water partition coefficient (Wildman–Crippen LogP) is 2.04. The SMILES string of the molecule is C/C(=C\c1ccccc1)C(=O)C(C)O. The van der Waals surface area contributed by atoms with Gasteiger partial charge in [0.05, 0.1) is 0 Å². The van der Waals surface area contributed by atoms with Crippen LogP contribution < -0.4 is 0 Å². The predicted molar refractivity (Wildman–Crippen MR) is 56.8 cm³/mol. The fourth-order valence-corrected chi connectivity index (χ4v) is 1.20. The second kappa shape index (κ2) is 4.72. The highest BCUT2D eigenvalue weighted by Crippen LogP contribution is 2.08. The number of benzene rings is 1. The van der Waals surface area contributed by atoms with E-state index in [4.69, 9.17) is 5.11 Å². The van der Waals surface area contributed by atoms with Crippen molar-refractivity contribution in [1.82, 2.24) is 0 Å². The Morgan fingerprint density at radius 2 is 1.93 bits per heavy atom.